The lowest BCUT2D eigenvalue weighted by atomic mass is 10.00. The van der Waals surface area contributed by atoms with Crippen LogP contribution in [0.4, 0.5) is 0 Å². The third-order valence-corrected chi connectivity index (χ3v) is 4.21. The van der Waals surface area contributed by atoms with E-state index in [-0.39, 0.29) is 6.04 Å². The van der Waals surface area contributed by atoms with Crippen molar-refractivity contribution >= 4 is 15.9 Å². The van der Waals surface area contributed by atoms with Gasteiger partial charge in [-0.3, -0.25) is 0 Å². The van der Waals surface area contributed by atoms with Gasteiger partial charge in [0.05, 0.1) is 14.2 Å². The second-order valence-electron chi connectivity index (χ2n) is 5.04. The Hall–Kier alpha value is -0.740. The van der Waals surface area contributed by atoms with Crippen LogP contribution in [-0.4, -0.2) is 14.2 Å². The lowest BCUT2D eigenvalue weighted by molar-refractivity contribution is 0.353. The van der Waals surface area contributed by atoms with Crippen LogP contribution in [0.3, 0.4) is 0 Å². The summed E-state index contributed by atoms with van der Waals surface area (Å²) in [7, 11) is 3.28. The molecule has 0 aliphatic carbocycles. The van der Waals surface area contributed by atoms with Gasteiger partial charge in [0.15, 0.2) is 11.5 Å². The molecule has 1 aromatic carbocycles. The molecule has 0 radical (unpaired) electrons. The number of ether oxygens (including phenoxy) is 2. The fourth-order valence-corrected chi connectivity index (χ4v) is 2.89. The summed E-state index contributed by atoms with van der Waals surface area (Å²) in [4.78, 5) is 0. The highest BCUT2D eigenvalue weighted by Gasteiger charge is 2.14. The quantitative estimate of drug-likeness (QED) is 0.653. The van der Waals surface area contributed by atoms with E-state index in [9.17, 15) is 0 Å². The van der Waals surface area contributed by atoms with Gasteiger partial charge in [-0.1, -0.05) is 55.0 Å². The van der Waals surface area contributed by atoms with Crippen molar-refractivity contribution in [1.29, 1.82) is 0 Å². The smallest absolute Gasteiger partial charge is 0.161 e. The maximum atomic E-state index is 6.30. The van der Waals surface area contributed by atoms with E-state index < -0.39 is 0 Å². The van der Waals surface area contributed by atoms with Gasteiger partial charge in [0.2, 0.25) is 0 Å². The van der Waals surface area contributed by atoms with E-state index in [1.165, 1.54) is 32.1 Å². The Morgan fingerprint density at radius 1 is 1.05 bits per heavy atom. The second-order valence-corrected chi connectivity index (χ2v) is 5.89. The molecule has 1 unspecified atom stereocenters. The van der Waals surface area contributed by atoms with Crippen molar-refractivity contribution in [3.8, 4) is 11.5 Å². The Balaban J connectivity index is 2.65. The number of methoxy groups -OCH3 is 2. The van der Waals surface area contributed by atoms with Crippen molar-refractivity contribution in [2.75, 3.05) is 14.2 Å². The van der Waals surface area contributed by atoms with Crippen LogP contribution in [0.25, 0.3) is 0 Å². The normalized spacial score (nSPS) is 12.2. The van der Waals surface area contributed by atoms with E-state index in [1.54, 1.807) is 14.2 Å². The van der Waals surface area contributed by atoms with Crippen LogP contribution in [0.1, 0.15) is 57.1 Å². The molecule has 0 aliphatic rings. The van der Waals surface area contributed by atoms with E-state index >= 15 is 0 Å². The third kappa shape index (κ3) is 4.98. The fraction of sp³-hybridized carbons (Fsp3) is 0.625. The minimum atomic E-state index is 0.0332. The average Bonchev–Trinajstić information content (AvgIpc) is 2.46. The molecule has 2 N–H and O–H groups in total. The molecule has 0 bridgehead atoms. The molecule has 0 aliphatic heterocycles. The van der Waals surface area contributed by atoms with E-state index in [0.717, 1.165) is 28.0 Å². The molecule has 0 spiro atoms. The van der Waals surface area contributed by atoms with Crippen LogP contribution in [0, 0.1) is 0 Å². The zero-order chi connectivity index (χ0) is 15.0. The number of hydrogen-bond donors (Lipinski definition) is 1. The zero-order valence-corrected chi connectivity index (χ0v) is 14.3. The van der Waals surface area contributed by atoms with Crippen molar-refractivity contribution < 1.29 is 9.47 Å². The molecule has 1 aromatic rings. The number of rotatable bonds is 9. The minimum Gasteiger partial charge on any atom is -0.493 e. The SMILES string of the molecule is CCCCCCCC(N)c1cc(OC)c(OC)cc1Br. The first-order chi connectivity index (χ1) is 9.63. The molecule has 114 valence electrons. The summed E-state index contributed by atoms with van der Waals surface area (Å²) in [6, 6.07) is 3.93. The predicted molar refractivity (Wildman–Crippen MR) is 87.6 cm³/mol. The maximum absolute atomic E-state index is 6.30. The van der Waals surface area contributed by atoms with Gasteiger partial charge in [-0.2, -0.15) is 0 Å². The molecule has 20 heavy (non-hydrogen) atoms. The summed E-state index contributed by atoms with van der Waals surface area (Å²) in [5.74, 6) is 1.45. The Morgan fingerprint density at radius 2 is 1.65 bits per heavy atom. The van der Waals surface area contributed by atoms with Crippen molar-refractivity contribution in [1.82, 2.24) is 0 Å². The second kappa shape index (κ2) is 9.24. The monoisotopic (exact) mass is 343 g/mol. The van der Waals surface area contributed by atoms with Gasteiger partial charge in [-0.25, -0.2) is 0 Å². The first-order valence-corrected chi connectivity index (χ1v) is 8.10. The van der Waals surface area contributed by atoms with Gasteiger partial charge in [0.1, 0.15) is 0 Å². The van der Waals surface area contributed by atoms with Crippen molar-refractivity contribution in [3.05, 3.63) is 22.2 Å². The summed E-state index contributed by atoms with van der Waals surface area (Å²) < 4.78 is 11.6. The molecule has 0 aromatic heterocycles. The minimum absolute atomic E-state index is 0.0332. The first-order valence-electron chi connectivity index (χ1n) is 7.31. The molecular weight excluding hydrogens is 318 g/mol. The lowest BCUT2D eigenvalue weighted by Crippen LogP contribution is -2.11. The molecule has 1 rings (SSSR count). The molecule has 0 saturated heterocycles. The number of halogens is 1. The van der Waals surface area contributed by atoms with Crippen LogP contribution in [0.15, 0.2) is 16.6 Å². The highest BCUT2D eigenvalue weighted by Crippen LogP contribution is 2.36. The van der Waals surface area contributed by atoms with Crippen LogP contribution < -0.4 is 15.2 Å². The van der Waals surface area contributed by atoms with E-state index in [2.05, 4.69) is 22.9 Å². The molecule has 4 heteroatoms. The summed E-state index contributed by atoms with van der Waals surface area (Å²) in [5, 5.41) is 0. The maximum Gasteiger partial charge on any atom is 0.161 e. The van der Waals surface area contributed by atoms with Crippen LogP contribution in [-0.2, 0) is 0 Å². The molecule has 0 heterocycles. The zero-order valence-electron chi connectivity index (χ0n) is 12.7. The van der Waals surface area contributed by atoms with Gasteiger partial charge < -0.3 is 15.2 Å². The Labute approximate surface area is 131 Å². The molecule has 3 nitrogen and oxygen atoms in total. The summed E-state index contributed by atoms with van der Waals surface area (Å²) in [6.07, 6.45) is 7.31. The number of unbranched alkanes of at least 4 members (excludes halogenated alkanes) is 4. The van der Waals surface area contributed by atoms with Gasteiger partial charge in [-0.15, -0.1) is 0 Å². The van der Waals surface area contributed by atoms with Gasteiger partial charge in [-0.05, 0) is 24.1 Å². The number of hydrogen-bond acceptors (Lipinski definition) is 3. The largest absolute Gasteiger partial charge is 0.493 e. The molecule has 0 fully saturated rings. The molecule has 0 saturated carbocycles. The van der Waals surface area contributed by atoms with Crippen molar-refractivity contribution in [3.63, 3.8) is 0 Å². The topological polar surface area (TPSA) is 44.5 Å². The van der Waals surface area contributed by atoms with Crippen LogP contribution >= 0.6 is 15.9 Å². The Kier molecular flexibility index (Phi) is 8.00. The average molecular weight is 344 g/mol. The molecular formula is C16H26BrNO2. The Morgan fingerprint density at radius 3 is 2.25 bits per heavy atom. The fourth-order valence-electron chi connectivity index (χ4n) is 2.28. The standard InChI is InChI=1S/C16H26BrNO2/c1-4-5-6-7-8-9-14(18)12-10-15(19-2)16(20-3)11-13(12)17/h10-11,14H,4-9,18H2,1-3H3. The third-order valence-electron chi connectivity index (χ3n) is 3.52. The number of benzene rings is 1. The predicted octanol–water partition coefficient (Wildman–Crippen LogP) is 4.83. The summed E-state index contributed by atoms with van der Waals surface area (Å²) in [5.41, 5.74) is 7.38. The summed E-state index contributed by atoms with van der Waals surface area (Å²) in [6.45, 7) is 2.23. The van der Waals surface area contributed by atoms with Gasteiger partial charge in [0.25, 0.3) is 0 Å². The number of nitrogens with two attached hydrogens (primary N) is 1. The van der Waals surface area contributed by atoms with Crippen LogP contribution in [0.2, 0.25) is 0 Å². The first kappa shape index (κ1) is 17.3. The van der Waals surface area contributed by atoms with Crippen molar-refractivity contribution in [2.45, 2.75) is 51.5 Å². The summed E-state index contributed by atoms with van der Waals surface area (Å²) >= 11 is 3.57. The molecule has 1 atom stereocenters. The van der Waals surface area contributed by atoms with Crippen molar-refractivity contribution in [2.24, 2.45) is 5.73 Å². The Bertz CT molecular complexity index is 410. The van der Waals surface area contributed by atoms with E-state index in [4.69, 9.17) is 15.2 Å². The van der Waals surface area contributed by atoms with Gasteiger partial charge >= 0.3 is 0 Å². The van der Waals surface area contributed by atoms with E-state index in [0.29, 0.717) is 0 Å². The van der Waals surface area contributed by atoms with Crippen LogP contribution in [0.5, 0.6) is 11.5 Å². The highest BCUT2D eigenvalue weighted by atomic mass is 79.9. The highest BCUT2D eigenvalue weighted by molar-refractivity contribution is 9.10. The lowest BCUT2D eigenvalue weighted by Gasteiger charge is -2.17. The molecule has 0 amide bonds. The van der Waals surface area contributed by atoms with Gasteiger partial charge in [0, 0.05) is 10.5 Å². The van der Waals surface area contributed by atoms with E-state index in [1.807, 2.05) is 12.1 Å².